The van der Waals surface area contributed by atoms with E-state index >= 15 is 0 Å². The third-order valence-corrected chi connectivity index (χ3v) is 3.62. The van der Waals surface area contributed by atoms with Crippen molar-refractivity contribution in [1.82, 2.24) is 14.8 Å². The number of nitrogens with zero attached hydrogens (tertiary/aromatic N) is 3. The van der Waals surface area contributed by atoms with Gasteiger partial charge < -0.3 is 10.2 Å². The first-order chi connectivity index (χ1) is 10.7. The molecule has 4 aromatic rings. The van der Waals surface area contributed by atoms with Crippen molar-refractivity contribution in [2.45, 2.75) is 0 Å². The van der Waals surface area contributed by atoms with Crippen molar-refractivity contribution >= 4 is 16.7 Å². The molecule has 108 valence electrons. The Balaban J connectivity index is 1.97. The smallest absolute Gasteiger partial charge is 0.161 e. The van der Waals surface area contributed by atoms with E-state index in [0.29, 0.717) is 11.3 Å². The molecule has 0 saturated heterocycles. The van der Waals surface area contributed by atoms with Gasteiger partial charge in [-0.25, -0.2) is 0 Å². The molecule has 0 fully saturated rings. The Morgan fingerprint density at radius 3 is 2.64 bits per heavy atom. The lowest BCUT2D eigenvalue weighted by Gasteiger charge is -2.00. The summed E-state index contributed by atoms with van der Waals surface area (Å²) in [6.07, 6.45) is 5.34. The molecule has 5 nitrogen and oxygen atoms in total. The van der Waals surface area contributed by atoms with Gasteiger partial charge in [0.25, 0.3) is 0 Å². The van der Waals surface area contributed by atoms with Gasteiger partial charge in [0.2, 0.25) is 0 Å². The van der Waals surface area contributed by atoms with Crippen molar-refractivity contribution in [3.8, 4) is 22.6 Å². The first-order valence-electron chi connectivity index (χ1n) is 6.95. The van der Waals surface area contributed by atoms with Crippen LogP contribution in [-0.2, 0) is 7.05 Å². The summed E-state index contributed by atoms with van der Waals surface area (Å²) >= 11 is 0. The highest BCUT2D eigenvalue weighted by molar-refractivity contribution is 5.99. The molecule has 0 aliphatic heterocycles. The van der Waals surface area contributed by atoms with Crippen LogP contribution in [-0.4, -0.2) is 14.8 Å². The molecule has 0 unspecified atom stereocenters. The number of rotatable bonds is 2. The largest absolute Gasteiger partial charge is 0.454 e. The van der Waals surface area contributed by atoms with Gasteiger partial charge in [-0.3, -0.25) is 9.67 Å². The highest BCUT2D eigenvalue weighted by Gasteiger charge is 2.15. The molecule has 0 atom stereocenters. The summed E-state index contributed by atoms with van der Waals surface area (Å²) in [5.74, 6) is 0.778. The molecular formula is C17H14N4O. The molecule has 0 aliphatic carbocycles. The molecular weight excluding hydrogens is 276 g/mol. The molecule has 4 rings (SSSR count). The number of anilines is 1. The number of nitrogen functional groups attached to an aromatic ring is 1. The molecule has 5 heteroatoms. The van der Waals surface area contributed by atoms with Gasteiger partial charge in [0.05, 0.1) is 23.8 Å². The topological polar surface area (TPSA) is 69.9 Å². The number of hydrogen-bond acceptors (Lipinski definition) is 4. The standard InChI is InChI=1S/C17H14N4O/c1-21-10-12(8-20-21)16-13-7-15(11-5-3-2-4-6-11)22-17(13)14(18)9-19-16/h2-10H,18H2,1H3. The van der Waals surface area contributed by atoms with Crippen LogP contribution < -0.4 is 5.73 Å². The minimum absolute atomic E-state index is 0.532. The Labute approximate surface area is 127 Å². The monoisotopic (exact) mass is 290 g/mol. The summed E-state index contributed by atoms with van der Waals surface area (Å²) in [5.41, 5.74) is 9.98. The summed E-state index contributed by atoms with van der Waals surface area (Å²) < 4.78 is 7.71. The maximum Gasteiger partial charge on any atom is 0.161 e. The molecule has 3 aromatic heterocycles. The zero-order chi connectivity index (χ0) is 15.1. The fourth-order valence-corrected chi connectivity index (χ4v) is 2.56. The average molecular weight is 290 g/mol. The summed E-state index contributed by atoms with van der Waals surface area (Å²) in [4.78, 5) is 4.46. The predicted molar refractivity (Wildman–Crippen MR) is 86.1 cm³/mol. The van der Waals surface area contributed by atoms with Gasteiger partial charge in [-0.15, -0.1) is 0 Å². The second-order valence-corrected chi connectivity index (χ2v) is 5.18. The maximum absolute atomic E-state index is 6.02. The van der Waals surface area contributed by atoms with Crippen LogP contribution in [0.15, 0.2) is 59.4 Å². The second-order valence-electron chi connectivity index (χ2n) is 5.18. The number of aryl methyl sites for hydroxylation is 1. The Morgan fingerprint density at radius 2 is 1.91 bits per heavy atom. The predicted octanol–water partition coefficient (Wildman–Crippen LogP) is 3.48. The van der Waals surface area contributed by atoms with Gasteiger partial charge in [0.15, 0.2) is 5.58 Å². The summed E-state index contributed by atoms with van der Waals surface area (Å²) in [7, 11) is 1.88. The van der Waals surface area contributed by atoms with Crippen LogP contribution in [0.1, 0.15) is 0 Å². The molecule has 22 heavy (non-hydrogen) atoms. The van der Waals surface area contributed by atoms with Gasteiger partial charge in [-0.1, -0.05) is 30.3 Å². The third-order valence-electron chi connectivity index (χ3n) is 3.62. The summed E-state index contributed by atoms with van der Waals surface area (Å²) in [6.45, 7) is 0. The maximum atomic E-state index is 6.02. The van der Waals surface area contributed by atoms with Gasteiger partial charge in [-0.05, 0) is 6.07 Å². The van der Waals surface area contributed by atoms with E-state index in [1.165, 1.54) is 0 Å². The number of furan rings is 1. The highest BCUT2D eigenvalue weighted by Crippen LogP contribution is 2.35. The second kappa shape index (κ2) is 4.73. The van der Waals surface area contributed by atoms with E-state index in [4.69, 9.17) is 10.2 Å². The van der Waals surface area contributed by atoms with Gasteiger partial charge in [-0.2, -0.15) is 5.10 Å². The Morgan fingerprint density at radius 1 is 1.09 bits per heavy atom. The zero-order valence-electron chi connectivity index (χ0n) is 12.0. The first kappa shape index (κ1) is 12.6. The third kappa shape index (κ3) is 1.95. The molecule has 0 spiro atoms. The van der Waals surface area contributed by atoms with Gasteiger partial charge in [0.1, 0.15) is 5.76 Å². The van der Waals surface area contributed by atoms with E-state index in [1.807, 2.05) is 49.6 Å². The minimum Gasteiger partial charge on any atom is -0.454 e. The van der Waals surface area contributed by atoms with Crippen LogP contribution in [0.3, 0.4) is 0 Å². The van der Waals surface area contributed by atoms with E-state index in [1.54, 1.807) is 17.1 Å². The van der Waals surface area contributed by atoms with Crippen molar-refractivity contribution in [3.63, 3.8) is 0 Å². The van der Waals surface area contributed by atoms with Crippen molar-refractivity contribution in [2.75, 3.05) is 5.73 Å². The van der Waals surface area contributed by atoms with Crippen LogP contribution in [0.25, 0.3) is 33.6 Å². The van der Waals surface area contributed by atoms with Crippen LogP contribution in [0.5, 0.6) is 0 Å². The lowest BCUT2D eigenvalue weighted by molar-refractivity contribution is 0.632. The number of hydrogen-bond donors (Lipinski definition) is 1. The lowest BCUT2D eigenvalue weighted by atomic mass is 10.1. The molecule has 3 heterocycles. The number of nitrogens with two attached hydrogens (primary N) is 1. The SMILES string of the molecule is Cn1cc(-c2ncc(N)c3oc(-c4ccccc4)cc23)cn1. The molecule has 0 bridgehead atoms. The molecule has 2 N–H and O–H groups in total. The molecule has 0 aliphatic rings. The average Bonchev–Trinajstić information content (AvgIpc) is 3.16. The highest BCUT2D eigenvalue weighted by atomic mass is 16.3. The van der Waals surface area contributed by atoms with Crippen LogP contribution in [0.2, 0.25) is 0 Å². The van der Waals surface area contributed by atoms with E-state index in [2.05, 4.69) is 10.1 Å². The Hall–Kier alpha value is -3.08. The number of pyridine rings is 1. The number of aromatic nitrogens is 3. The van der Waals surface area contributed by atoms with E-state index in [9.17, 15) is 0 Å². The van der Waals surface area contributed by atoms with E-state index in [0.717, 1.165) is 28.0 Å². The number of fused-ring (bicyclic) bond motifs is 1. The quantitative estimate of drug-likeness (QED) is 0.613. The van der Waals surface area contributed by atoms with Crippen molar-refractivity contribution in [3.05, 3.63) is 55.0 Å². The van der Waals surface area contributed by atoms with Crippen LogP contribution >= 0.6 is 0 Å². The summed E-state index contributed by atoms with van der Waals surface area (Å²) in [6, 6.07) is 11.9. The minimum atomic E-state index is 0.532. The van der Waals surface area contributed by atoms with E-state index in [-0.39, 0.29) is 0 Å². The van der Waals surface area contributed by atoms with Crippen molar-refractivity contribution in [1.29, 1.82) is 0 Å². The fourth-order valence-electron chi connectivity index (χ4n) is 2.56. The number of benzene rings is 1. The van der Waals surface area contributed by atoms with Crippen LogP contribution in [0.4, 0.5) is 5.69 Å². The molecule has 0 amide bonds. The molecule has 0 saturated carbocycles. The van der Waals surface area contributed by atoms with E-state index < -0.39 is 0 Å². The van der Waals surface area contributed by atoms with Gasteiger partial charge >= 0.3 is 0 Å². The van der Waals surface area contributed by atoms with Gasteiger partial charge in [0, 0.05) is 29.8 Å². The van der Waals surface area contributed by atoms with Crippen LogP contribution in [0, 0.1) is 0 Å². The first-order valence-corrected chi connectivity index (χ1v) is 6.95. The normalized spacial score (nSPS) is 11.1. The molecule has 0 radical (unpaired) electrons. The lowest BCUT2D eigenvalue weighted by Crippen LogP contribution is -1.90. The van der Waals surface area contributed by atoms with Crippen molar-refractivity contribution < 1.29 is 4.42 Å². The van der Waals surface area contributed by atoms with Crippen molar-refractivity contribution in [2.24, 2.45) is 7.05 Å². The zero-order valence-corrected chi connectivity index (χ0v) is 12.0. The fraction of sp³-hybridized carbons (Fsp3) is 0.0588. The molecule has 1 aromatic carbocycles. The Kier molecular flexibility index (Phi) is 2.72. The summed E-state index contributed by atoms with van der Waals surface area (Å²) in [5, 5.41) is 5.10. The Bertz CT molecular complexity index is 953.